The van der Waals surface area contributed by atoms with E-state index < -0.39 is 0 Å². The van der Waals surface area contributed by atoms with Gasteiger partial charge in [-0.05, 0) is 22.4 Å². The topological polar surface area (TPSA) is 55.1 Å². The molecule has 0 bridgehead atoms. The number of primary amides is 1. The molecular formula is C9H14N2OS. The van der Waals surface area contributed by atoms with E-state index in [1.165, 1.54) is 5.56 Å². The summed E-state index contributed by atoms with van der Waals surface area (Å²) in [5.41, 5.74) is 6.37. The van der Waals surface area contributed by atoms with Crippen molar-refractivity contribution in [3.63, 3.8) is 0 Å². The Bertz CT molecular complexity index is 259. The molecule has 0 aliphatic rings. The van der Waals surface area contributed by atoms with Gasteiger partial charge in [0, 0.05) is 19.0 Å². The number of hydrogen-bond acceptors (Lipinski definition) is 3. The number of hydrogen-bond donors (Lipinski definition) is 2. The van der Waals surface area contributed by atoms with Crippen molar-refractivity contribution in [3.8, 4) is 0 Å². The number of amides is 1. The molecule has 1 atom stereocenters. The molecule has 1 rings (SSSR count). The van der Waals surface area contributed by atoms with Gasteiger partial charge in [-0.25, -0.2) is 0 Å². The number of carbonyl (C=O) groups is 1. The summed E-state index contributed by atoms with van der Waals surface area (Å²) in [5, 5.41) is 7.30. The van der Waals surface area contributed by atoms with Crippen LogP contribution in [0, 0.1) is 5.92 Å². The van der Waals surface area contributed by atoms with Gasteiger partial charge < -0.3 is 11.1 Å². The standard InChI is InChI=1S/C9H14N2OS/c1-7(9(10)12)4-11-5-8-2-3-13-6-8/h2-3,6-7,11H,4-5H2,1H3,(H2,10,12). The lowest BCUT2D eigenvalue weighted by atomic mass is 10.1. The maximum atomic E-state index is 10.7. The molecule has 0 spiro atoms. The third-order valence-corrected chi connectivity index (χ3v) is 2.58. The van der Waals surface area contributed by atoms with Crippen LogP contribution < -0.4 is 11.1 Å². The molecule has 1 unspecified atom stereocenters. The van der Waals surface area contributed by atoms with Crippen LogP contribution in [0.1, 0.15) is 12.5 Å². The Morgan fingerprint density at radius 2 is 2.54 bits per heavy atom. The molecule has 0 aliphatic carbocycles. The first-order valence-electron chi connectivity index (χ1n) is 4.21. The van der Waals surface area contributed by atoms with Crippen LogP contribution in [0.5, 0.6) is 0 Å². The Balaban J connectivity index is 2.18. The normalized spacial score (nSPS) is 12.7. The molecular weight excluding hydrogens is 184 g/mol. The van der Waals surface area contributed by atoms with Gasteiger partial charge in [-0.15, -0.1) is 0 Å². The van der Waals surface area contributed by atoms with E-state index in [4.69, 9.17) is 5.73 Å². The molecule has 0 saturated carbocycles. The average Bonchev–Trinajstić information content (AvgIpc) is 2.56. The van der Waals surface area contributed by atoms with Crippen LogP contribution >= 0.6 is 11.3 Å². The minimum absolute atomic E-state index is 0.0985. The van der Waals surface area contributed by atoms with E-state index in [9.17, 15) is 4.79 Å². The third kappa shape index (κ3) is 3.57. The van der Waals surface area contributed by atoms with Gasteiger partial charge in [-0.3, -0.25) is 4.79 Å². The summed E-state index contributed by atoms with van der Waals surface area (Å²) >= 11 is 1.67. The summed E-state index contributed by atoms with van der Waals surface area (Å²) < 4.78 is 0. The van der Waals surface area contributed by atoms with E-state index in [1.54, 1.807) is 11.3 Å². The number of thiophene rings is 1. The number of nitrogens with one attached hydrogen (secondary N) is 1. The number of rotatable bonds is 5. The molecule has 1 aromatic heterocycles. The van der Waals surface area contributed by atoms with Crippen LogP contribution in [0.3, 0.4) is 0 Å². The lowest BCUT2D eigenvalue weighted by Crippen LogP contribution is -2.30. The van der Waals surface area contributed by atoms with Gasteiger partial charge in [0.1, 0.15) is 0 Å². The molecule has 4 heteroatoms. The molecule has 3 N–H and O–H groups in total. The van der Waals surface area contributed by atoms with Gasteiger partial charge in [0.25, 0.3) is 0 Å². The van der Waals surface area contributed by atoms with E-state index in [0.29, 0.717) is 6.54 Å². The van der Waals surface area contributed by atoms with Crippen LogP contribution in [0.15, 0.2) is 16.8 Å². The summed E-state index contributed by atoms with van der Waals surface area (Å²) in [6.45, 7) is 3.27. The maximum absolute atomic E-state index is 10.7. The molecule has 13 heavy (non-hydrogen) atoms. The van der Waals surface area contributed by atoms with Gasteiger partial charge in [-0.1, -0.05) is 6.92 Å². The monoisotopic (exact) mass is 198 g/mol. The molecule has 0 saturated heterocycles. The molecule has 0 aliphatic heterocycles. The molecule has 1 amide bonds. The summed E-state index contributed by atoms with van der Waals surface area (Å²) in [4.78, 5) is 10.7. The van der Waals surface area contributed by atoms with Gasteiger partial charge in [0.2, 0.25) is 5.91 Å². The van der Waals surface area contributed by atoms with Gasteiger partial charge in [0.05, 0.1) is 0 Å². The summed E-state index contributed by atoms with van der Waals surface area (Å²) in [6.07, 6.45) is 0. The van der Waals surface area contributed by atoms with Crippen molar-refractivity contribution in [1.82, 2.24) is 5.32 Å². The molecule has 1 aromatic rings. The molecule has 72 valence electrons. The highest BCUT2D eigenvalue weighted by Crippen LogP contribution is 2.05. The quantitative estimate of drug-likeness (QED) is 0.740. The van der Waals surface area contributed by atoms with Crippen LogP contribution in [0.2, 0.25) is 0 Å². The van der Waals surface area contributed by atoms with E-state index >= 15 is 0 Å². The van der Waals surface area contributed by atoms with E-state index in [1.807, 2.05) is 12.3 Å². The summed E-state index contributed by atoms with van der Waals surface area (Å²) in [5.74, 6) is -0.351. The van der Waals surface area contributed by atoms with Crippen molar-refractivity contribution in [3.05, 3.63) is 22.4 Å². The summed E-state index contributed by atoms with van der Waals surface area (Å²) in [6, 6.07) is 2.06. The van der Waals surface area contributed by atoms with Gasteiger partial charge in [0.15, 0.2) is 0 Å². The highest BCUT2D eigenvalue weighted by atomic mass is 32.1. The zero-order valence-corrected chi connectivity index (χ0v) is 8.43. The van der Waals surface area contributed by atoms with Gasteiger partial charge >= 0.3 is 0 Å². The van der Waals surface area contributed by atoms with Crippen LogP contribution in [-0.4, -0.2) is 12.5 Å². The van der Waals surface area contributed by atoms with Crippen molar-refractivity contribution in [2.45, 2.75) is 13.5 Å². The van der Waals surface area contributed by atoms with Crippen molar-refractivity contribution in [2.24, 2.45) is 11.7 Å². The molecule has 0 radical (unpaired) electrons. The predicted molar refractivity (Wildman–Crippen MR) is 54.4 cm³/mol. The zero-order chi connectivity index (χ0) is 9.68. The highest BCUT2D eigenvalue weighted by Gasteiger charge is 2.06. The maximum Gasteiger partial charge on any atom is 0.221 e. The fraction of sp³-hybridized carbons (Fsp3) is 0.444. The lowest BCUT2D eigenvalue weighted by Gasteiger charge is -2.07. The third-order valence-electron chi connectivity index (χ3n) is 1.85. The van der Waals surface area contributed by atoms with Crippen molar-refractivity contribution < 1.29 is 4.79 Å². The molecule has 0 aromatic carbocycles. The zero-order valence-electron chi connectivity index (χ0n) is 7.62. The summed E-state index contributed by atoms with van der Waals surface area (Å²) in [7, 11) is 0. The Hall–Kier alpha value is -0.870. The van der Waals surface area contributed by atoms with E-state index in [0.717, 1.165) is 6.54 Å². The average molecular weight is 198 g/mol. The highest BCUT2D eigenvalue weighted by molar-refractivity contribution is 7.07. The fourth-order valence-corrected chi connectivity index (χ4v) is 1.60. The number of carbonyl (C=O) groups excluding carboxylic acids is 1. The molecule has 3 nitrogen and oxygen atoms in total. The minimum Gasteiger partial charge on any atom is -0.369 e. The van der Waals surface area contributed by atoms with Gasteiger partial charge in [-0.2, -0.15) is 11.3 Å². The number of nitrogens with two attached hydrogens (primary N) is 1. The lowest BCUT2D eigenvalue weighted by molar-refractivity contribution is -0.121. The van der Waals surface area contributed by atoms with Crippen LogP contribution in [-0.2, 0) is 11.3 Å². The smallest absolute Gasteiger partial charge is 0.221 e. The SMILES string of the molecule is CC(CNCc1ccsc1)C(N)=O. The van der Waals surface area contributed by atoms with E-state index in [-0.39, 0.29) is 11.8 Å². The Morgan fingerprint density at radius 3 is 3.08 bits per heavy atom. The van der Waals surface area contributed by atoms with Crippen molar-refractivity contribution in [1.29, 1.82) is 0 Å². The van der Waals surface area contributed by atoms with Crippen LogP contribution in [0.25, 0.3) is 0 Å². The molecule has 1 heterocycles. The Kier molecular flexibility index (Phi) is 3.92. The fourth-order valence-electron chi connectivity index (χ4n) is 0.927. The Labute approximate surface area is 81.9 Å². The minimum atomic E-state index is -0.252. The van der Waals surface area contributed by atoms with Crippen molar-refractivity contribution >= 4 is 17.2 Å². The van der Waals surface area contributed by atoms with E-state index in [2.05, 4.69) is 16.8 Å². The molecule has 0 fully saturated rings. The first-order valence-corrected chi connectivity index (χ1v) is 5.15. The first-order chi connectivity index (χ1) is 6.20. The predicted octanol–water partition coefficient (Wildman–Crippen LogP) is 0.959. The first kappa shape index (κ1) is 10.2. The largest absolute Gasteiger partial charge is 0.369 e. The second-order valence-electron chi connectivity index (χ2n) is 3.07. The van der Waals surface area contributed by atoms with Crippen molar-refractivity contribution in [2.75, 3.05) is 6.54 Å². The second-order valence-corrected chi connectivity index (χ2v) is 3.85. The second kappa shape index (κ2) is 4.99. The van der Waals surface area contributed by atoms with Crippen LogP contribution in [0.4, 0.5) is 0 Å². The Morgan fingerprint density at radius 1 is 1.77 bits per heavy atom.